The molecular formula is C23H39IN4O2. The third-order valence-electron chi connectivity index (χ3n) is 6.23. The molecule has 6 nitrogen and oxygen atoms in total. The molecule has 0 spiro atoms. The Morgan fingerprint density at radius 2 is 1.80 bits per heavy atom. The molecule has 0 amide bonds. The number of hydrogen-bond donors (Lipinski definition) is 3. The molecule has 30 heavy (non-hydrogen) atoms. The van der Waals surface area contributed by atoms with Gasteiger partial charge in [-0.2, -0.15) is 0 Å². The van der Waals surface area contributed by atoms with Gasteiger partial charge < -0.3 is 25.4 Å². The average molecular weight is 530 g/mol. The van der Waals surface area contributed by atoms with E-state index in [1.54, 1.807) is 7.11 Å². The second kappa shape index (κ2) is 13.4. The summed E-state index contributed by atoms with van der Waals surface area (Å²) in [6.45, 7) is 5.57. The van der Waals surface area contributed by atoms with E-state index < -0.39 is 6.10 Å². The van der Waals surface area contributed by atoms with Crippen LogP contribution < -0.4 is 15.4 Å². The number of nitrogens with zero attached hydrogens (tertiary/aromatic N) is 2. The van der Waals surface area contributed by atoms with Crippen molar-refractivity contribution < 1.29 is 9.84 Å². The summed E-state index contributed by atoms with van der Waals surface area (Å²) in [6, 6.07) is 8.77. The van der Waals surface area contributed by atoms with Crippen LogP contribution in [0.3, 0.4) is 0 Å². The first-order valence-corrected chi connectivity index (χ1v) is 11.3. The van der Waals surface area contributed by atoms with Crippen LogP contribution in [-0.2, 0) is 0 Å². The lowest BCUT2D eigenvalue weighted by Crippen LogP contribution is -2.51. The van der Waals surface area contributed by atoms with Crippen LogP contribution in [-0.4, -0.2) is 61.3 Å². The van der Waals surface area contributed by atoms with Crippen molar-refractivity contribution in [2.45, 2.75) is 70.1 Å². The Morgan fingerprint density at radius 1 is 1.13 bits per heavy atom. The number of aliphatic hydroxyl groups is 1. The Kier molecular flexibility index (Phi) is 11.2. The second-order valence-corrected chi connectivity index (χ2v) is 8.25. The van der Waals surface area contributed by atoms with Crippen molar-refractivity contribution >= 4 is 29.9 Å². The lowest BCUT2D eigenvalue weighted by Gasteiger charge is -2.39. The zero-order chi connectivity index (χ0) is 20.5. The Morgan fingerprint density at radius 3 is 2.40 bits per heavy atom. The monoisotopic (exact) mass is 530 g/mol. The molecule has 1 aliphatic carbocycles. The van der Waals surface area contributed by atoms with E-state index in [9.17, 15) is 5.11 Å². The van der Waals surface area contributed by atoms with Crippen LogP contribution in [0.2, 0.25) is 0 Å². The molecule has 1 saturated carbocycles. The summed E-state index contributed by atoms with van der Waals surface area (Å²) in [5.74, 6) is 1.59. The molecule has 1 heterocycles. The molecule has 1 aromatic carbocycles. The fourth-order valence-corrected chi connectivity index (χ4v) is 4.48. The van der Waals surface area contributed by atoms with Gasteiger partial charge in [-0.3, -0.25) is 4.99 Å². The number of piperidine rings is 1. The van der Waals surface area contributed by atoms with Crippen LogP contribution in [0.5, 0.6) is 5.75 Å². The summed E-state index contributed by atoms with van der Waals surface area (Å²) in [5, 5.41) is 17.4. The van der Waals surface area contributed by atoms with E-state index in [1.807, 2.05) is 24.3 Å². The molecule has 3 N–H and O–H groups in total. The molecule has 2 aliphatic rings. The van der Waals surface area contributed by atoms with Crippen molar-refractivity contribution in [1.82, 2.24) is 15.5 Å². The molecular weight excluding hydrogens is 491 g/mol. The molecule has 0 radical (unpaired) electrons. The molecule has 1 aliphatic heterocycles. The lowest BCUT2D eigenvalue weighted by atomic mass is 9.92. The highest BCUT2D eigenvalue weighted by Crippen LogP contribution is 2.25. The quantitative estimate of drug-likeness (QED) is 0.285. The summed E-state index contributed by atoms with van der Waals surface area (Å²) < 4.78 is 5.18. The van der Waals surface area contributed by atoms with Gasteiger partial charge in [-0.15, -0.1) is 24.0 Å². The normalized spacial score (nSPS) is 20.3. The number of aliphatic hydroxyl groups excluding tert-OH is 1. The number of halogens is 1. The van der Waals surface area contributed by atoms with E-state index in [2.05, 4.69) is 27.4 Å². The molecule has 0 bridgehead atoms. The summed E-state index contributed by atoms with van der Waals surface area (Å²) in [6.07, 6.45) is 8.66. The van der Waals surface area contributed by atoms with E-state index in [4.69, 9.17) is 4.74 Å². The van der Waals surface area contributed by atoms with Gasteiger partial charge in [0.05, 0.1) is 19.8 Å². The summed E-state index contributed by atoms with van der Waals surface area (Å²) in [5.41, 5.74) is 0.853. The number of methoxy groups -OCH3 is 1. The van der Waals surface area contributed by atoms with Crippen LogP contribution in [0, 0.1) is 0 Å². The van der Waals surface area contributed by atoms with Gasteiger partial charge in [0.25, 0.3) is 0 Å². The van der Waals surface area contributed by atoms with Crippen LogP contribution >= 0.6 is 24.0 Å². The molecule has 2 fully saturated rings. The SMILES string of the molecule is CCNC(=NCC(O)c1ccc(OC)cc1)NC1CCN(C2CCCCC2)CC1.I. The van der Waals surface area contributed by atoms with Gasteiger partial charge >= 0.3 is 0 Å². The van der Waals surface area contributed by atoms with Crippen LogP contribution in [0.25, 0.3) is 0 Å². The summed E-state index contributed by atoms with van der Waals surface area (Å²) in [7, 11) is 1.64. The number of rotatable bonds is 7. The highest BCUT2D eigenvalue weighted by Gasteiger charge is 2.26. The van der Waals surface area contributed by atoms with Gasteiger partial charge in [0.2, 0.25) is 0 Å². The first-order chi connectivity index (χ1) is 14.2. The first kappa shape index (κ1) is 25.2. The van der Waals surface area contributed by atoms with Crippen molar-refractivity contribution in [3.8, 4) is 5.75 Å². The highest BCUT2D eigenvalue weighted by atomic mass is 127. The number of hydrogen-bond acceptors (Lipinski definition) is 4. The zero-order valence-corrected chi connectivity index (χ0v) is 20.8. The van der Waals surface area contributed by atoms with Crippen LogP contribution in [0.1, 0.15) is 63.5 Å². The van der Waals surface area contributed by atoms with Crippen LogP contribution in [0.4, 0.5) is 0 Å². The maximum atomic E-state index is 10.5. The molecule has 3 rings (SSSR count). The van der Waals surface area contributed by atoms with Crippen molar-refractivity contribution in [3.63, 3.8) is 0 Å². The maximum absolute atomic E-state index is 10.5. The Balaban J connectivity index is 0.00000320. The number of ether oxygens (including phenoxy) is 1. The maximum Gasteiger partial charge on any atom is 0.191 e. The number of aliphatic imine (C=N–C) groups is 1. The predicted octanol–water partition coefficient (Wildman–Crippen LogP) is 3.70. The van der Waals surface area contributed by atoms with Crippen molar-refractivity contribution in [1.29, 1.82) is 0 Å². The minimum atomic E-state index is -0.621. The van der Waals surface area contributed by atoms with Crippen LogP contribution in [0.15, 0.2) is 29.3 Å². The Labute approximate surface area is 198 Å². The molecule has 170 valence electrons. The fraction of sp³-hybridized carbons (Fsp3) is 0.696. The largest absolute Gasteiger partial charge is 0.497 e. The van der Waals surface area contributed by atoms with E-state index in [1.165, 1.54) is 45.2 Å². The molecule has 1 aromatic rings. The van der Waals surface area contributed by atoms with Crippen molar-refractivity contribution in [3.05, 3.63) is 29.8 Å². The Bertz CT molecular complexity index is 627. The molecule has 1 atom stereocenters. The lowest BCUT2D eigenvalue weighted by molar-refractivity contribution is 0.119. The summed E-state index contributed by atoms with van der Waals surface area (Å²) >= 11 is 0. The number of nitrogens with one attached hydrogen (secondary N) is 2. The zero-order valence-electron chi connectivity index (χ0n) is 18.5. The van der Waals surface area contributed by atoms with Gasteiger partial charge in [0.15, 0.2) is 5.96 Å². The van der Waals surface area contributed by atoms with Gasteiger partial charge in [0.1, 0.15) is 5.75 Å². The third-order valence-corrected chi connectivity index (χ3v) is 6.23. The number of benzene rings is 1. The third kappa shape index (κ3) is 7.57. The molecule has 7 heteroatoms. The van der Waals surface area contributed by atoms with Gasteiger partial charge in [-0.25, -0.2) is 0 Å². The molecule has 1 unspecified atom stereocenters. The van der Waals surface area contributed by atoms with E-state index >= 15 is 0 Å². The highest BCUT2D eigenvalue weighted by molar-refractivity contribution is 14.0. The Hall–Kier alpha value is -1.06. The first-order valence-electron chi connectivity index (χ1n) is 11.3. The number of guanidine groups is 1. The average Bonchev–Trinajstić information content (AvgIpc) is 2.78. The predicted molar refractivity (Wildman–Crippen MR) is 134 cm³/mol. The minimum Gasteiger partial charge on any atom is -0.497 e. The minimum absolute atomic E-state index is 0. The van der Waals surface area contributed by atoms with E-state index in [0.717, 1.165) is 42.7 Å². The standard InChI is InChI=1S/C23H38N4O2.HI/c1-3-24-23(25-17-22(28)18-9-11-21(29-2)12-10-18)26-19-13-15-27(16-14-19)20-7-5-4-6-8-20;/h9-12,19-20,22,28H,3-8,13-17H2,1-2H3,(H2,24,25,26);1H. The number of likely N-dealkylation sites (tertiary alicyclic amines) is 1. The van der Waals surface area contributed by atoms with Gasteiger partial charge in [-0.1, -0.05) is 31.4 Å². The second-order valence-electron chi connectivity index (χ2n) is 8.25. The topological polar surface area (TPSA) is 69.1 Å². The molecule has 1 saturated heterocycles. The smallest absolute Gasteiger partial charge is 0.191 e. The van der Waals surface area contributed by atoms with Crippen molar-refractivity contribution in [2.75, 3.05) is 33.3 Å². The van der Waals surface area contributed by atoms with Gasteiger partial charge in [-0.05, 0) is 50.3 Å². The molecule has 0 aromatic heterocycles. The van der Waals surface area contributed by atoms with Crippen molar-refractivity contribution in [2.24, 2.45) is 4.99 Å². The summed E-state index contributed by atoms with van der Waals surface area (Å²) in [4.78, 5) is 7.34. The van der Waals surface area contributed by atoms with E-state index in [-0.39, 0.29) is 24.0 Å². The van der Waals surface area contributed by atoms with Gasteiger partial charge in [0, 0.05) is 31.7 Å². The van der Waals surface area contributed by atoms with E-state index in [0.29, 0.717) is 12.6 Å². The fourth-order valence-electron chi connectivity index (χ4n) is 4.48.